The Hall–Kier alpha value is -1.77. The number of carbonyl (C=O) groups is 1. The first-order valence-electron chi connectivity index (χ1n) is 7.23. The molecule has 1 unspecified atom stereocenters. The first-order valence-corrected chi connectivity index (χ1v) is 7.23. The summed E-state index contributed by atoms with van der Waals surface area (Å²) in [5.74, 6) is 1.55. The molecule has 3 heteroatoms. The maximum Gasteiger partial charge on any atom is 0.170 e. The molecule has 1 heterocycles. The van der Waals surface area contributed by atoms with Gasteiger partial charge in [-0.15, -0.1) is 0 Å². The van der Waals surface area contributed by atoms with Gasteiger partial charge in [-0.25, -0.2) is 0 Å². The smallest absolute Gasteiger partial charge is 0.170 e. The molecule has 0 saturated carbocycles. The van der Waals surface area contributed by atoms with Crippen LogP contribution in [-0.2, 0) is 0 Å². The van der Waals surface area contributed by atoms with Crippen molar-refractivity contribution >= 4 is 5.78 Å². The van der Waals surface area contributed by atoms with Gasteiger partial charge in [-0.1, -0.05) is 6.08 Å². The van der Waals surface area contributed by atoms with Gasteiger partial charge in [0.05, 0.1) is 12.0 Å². The van der Waals surface area contributed by atoms with Crippen LogP contribution >= 0.6 is 0 Å². The van der Waals surface area contributed by atoms with Gasteiger partial charge in [0, 0.05) is 6.07 Å². The van der Waals surface area contributed by atoms with Crippen molar-refractivity contribution in [3.05, 3.63) is 35.9 Å². The molecular weight excluding hydrogens is 252 g/mol. The molecule has 0 amide bonds. The summed E-state index contributed by atoms with van der Waals surface area (Å²) in [5.41, 5.74) is 0.226. The second kappa shape index (κ2) is 4.97. The van der Waals surface area contributed by atoms with E-state index in [0.717, 1.165) is 25.0 Å². The van der Waals surface area contributed by atoms with E-state index in [9.17, 15) is 4.79 Å². The number of allylic oxidation sites excluding steroid dienone is 1. The molecular formula is C17H20O3. The number of Topliss-reactive ketones (excluding diaryl/α,β-unsaturated/α-hetero) is 1. The molecule has 1 aliphatic heterocycles. The lowest BCUT2D eigenvalue weighted by molar-refractivity contribution is 0.0617. The number of ketones is 1. The Balaban J connectivity index is 1.83. The van der Waals surface area contributed by atoms with Crippen molar-refractivity contribution in [1.82, 2.24) is 0 Å². The van der Waals surface area contributed by atoms with E-state index in [1.807, 2.05) is 32.0 Å². The number of fused-ring (bicyclic) bond motifs is 1. The average Bonchev–Trinajstić information content (AvgIpc) is 2.38. The number of hydrogen-bond acceptors (Lipinski definition) is 3. The summed E-state index contributed by atoms with van der Waals surface area (Å²) < 4.78 is 11.8. The number of benzene rings is 1. The van der Waals surface area contributed by atoms with Crippen LogP contribution in [0.1, 0.15) is 49.9 Å². The largest absolute Gasteiger partial charge is 0.486 e. The minimum atomic E-state index is -0.437. The predicted octanol–water partition coefficient (Wildman–Crippen LogP) is 3.92. The Morgan fingerprint density at radius 2 is 2.20 bits per heavy atom. The number of hydrogen-bond donors (Lipinski definition) is 0. The summed E-state index contributed by atoms with van der Waals surface area (Å²) in [6.07, 6.45) is 8.16. The molecule has 1 atom stereocenters. The molecule has 106 valence electrons. The fourth-order valence-corrected chi connectivity index (χ4v) is 2.76. The summed E-state index contributed by atoms with van der Waals surface area (Å²) in [4.78, 5) is 12.1. The topological polar surface area (TPSA) is 35.5 Å². The molecule has 1 aromatic rings. The van der Waals surface area contributed by atoms with E-state index in [2.05, 4.69) is 12.2 Å². The normalized spacial score (nSPS) is 23.9. The van der Waals surface area contributed by atoms with E-state index >= 15 is 0 Å². The maximum atomic E-state index is 12.1. The summed E-state index contributed by atoms with van der Waals surface area (Å²) in [7, 11) is 0. The molecule has 3 rings (SSSR count). The van der Waals surface area contributed by atoms with Crippen LogP contribution in [0, 0.1) is 0 Å². The summed E-state index contributed by atoms with van der Waals surface area (Å²) >= 11 is 0. The third kappa shape index (κ3) is 2.72. The fraction of sp³-hybridized carbons (Fsp3) is 0.471. The van der Waals surface area contributed by atoms with Crippen molar-refractivity contribution in [2.75, 3.05) is 0 Å². The first-order chi connectivity index (χ1) is 9.53. The number of ether oxygens (including phenoxy) is 2. The van der Waals surface area contributed by atoms with Crippen LogP contribution in [0.5, 0.6) is 11.5 Å². The molecule has 0 aromatic heterocycles. The Morgan fingerprint density at radius 1 is 1.35 bits per heavy atom. The summed E-state index contributed by atoms with van der Waals surface area (Å²) in [6, 6.07) is 5.52. The number of rotatable bonds is 2. The van der Waals surface area contributed by atoms with E-state index in [1.165, 1.54) is 0 Å². The van der Waals surface area contributed by atoms with E-state index in [0.29, 0.717) is 17.7 Å². The Bertz CT molecular complexity index is 557. The Morgan fingerprint density at radius 3 is 2.95 bits per heavy atom. The van der Waals surface area contributed by atoms with Gasteiger partial charge in [0.2, 0.25) is 0 Å². The molecule has 0 N–H and O–H groups in total. The lowest BCUT2D eigenvalue weighted by atomic mass is 9.93. The lowest BCUT2D eigenvalue weighted by Crippen LogP contribution is -2.35. The second-order valence-corrected chi connectivity index (χ2v) is 6.14. The monoisotopic (exact) mass is 272 g/mol. The SMILES string of the molecule is CC1(C)CC(=O)c2ccc(OC3C=CCCC3)cc2O1. The third-order valence-corrected chi connectivity index (χ3v) is 3.72. The van der Waals surface area contributed by atoms with Crippen molar-refractivity contribution in [2.24, 2.45) is 0 Å². The van der Waals surface area contributed by atoms with Crippen LogP contribution in [0.25, 0.3) is 0 Å². The lowest BCUT2D eigenvalue weighted by Gasteiger charge is -2.31. The molecule has 2 aliphatic rings. The van der Waals surface area contributed by atoms with E-state index < -0.39 is 5.60 Å². The van der Waals surface area contributed by atoms with E-state index in [-0.39, 0.29) is 11.9 Å². The molecule has 3 nitrogen and oxygen atoms in total. The van der Waals surface area contributed by atoms with Crippen LogP contribution in [0.3, 0.4) is 0 Å². The van der Waals surface area contributed by atoms with Gasteiger partial charge in [0.25, 0.3) is 0 Å². The Kier molecular flexibility index (Phi) is 3.28. The molecule has 0 fully saturated rings. The third-order valence-electron chi connectivity index (χ3n) is 3.72. The molecule has 20 heavy (non-hydrogen) atoms. The Labute approximate surface area is 119 Å². The van der Waals surface area contributed by atoms with Crippen LogP contribution in [-0.4, -0.2) is 17.5 Å². The molecule has 0 bridgehead atoms. The second-order valence-electron chi connectivity index (χ2n) is 6.14. The van der Waals surface area contributed by atoms with Crippen LogP contribution < -0.4 is 9.47 Å². The van der Waals surface area contributed by atoms with Gasteiger partial charge >= 0.3 is 0 Å². The van der Waals surface area contributed by atoms with Gasteiger partial charge in [-0.2, -0.15) is 0 Å². The summed E-state index contributed by atoms with van der Waals surface area (Å²) in [6.45, 7) is 3.87. The minimum absolute atomic E-state index is 0.133. The first kappa shape index (κ1) is 13.2. The van der Waals surface area contributed by atoms with Gasteiger partial charge in [-0.3, -0.25) is 4.79 Å². The van der Waals surface area contributed by atoms with Crippen LogP contribution in [0.4, 0.5) is 0 Å². The minimum Gasteiger partial charge on any atom is -0.486 e. The fourth-order valence-electron chi connectivity index (χ4n) is 2.76. The van der Waals surface area contributed by atoms with Crippen molar-refractivity contribution in [2.45, 2.75) is 51.2 Å². The zero-order valence-electron chi connectivity index (χ0n) is 12.0. The number of carbonyl (C=O) groups excluding carboxylic acids is 1. The van der Waals surface area contributed by atoms with Crippen molar-refractivity contribution < 1.29 is 14.3 Å². The van der Waals surface area contributed by atoms with Crippen molar-refractivity contribution in [3.63, 3.8) is 0 Å². The predicted molar refractivity (Wildman–Crippen MR) is 77.5 cm³/mol. The summed E-state index contributed by atoms with van der Waals surface area (Å²) in [5, 5.41) is 0. The van der Waals surface area contributed by atoms with Crippen LogP contribution in [0.2, 0.25) is 0 Å². The standard InChI is InChI=1S/C17H20O3/c1-17(2)11-15(18)14-9-8-13(10-16(14)20-17)19-12-6-4-3-5-7-12/h4,6,8-10,12H,3,5,7,11H2,1-2H3. The van der Waals surface area contributed by atoms with Crippen molar-refractivity contribution in [1.29, 1.82) is 0 Å². The molecule has 1 aromatic carbocycles. The molecule has 0 spiro atoms. The molecule has 1 aliphatic carbocycles. The van der Waals surface area contributed by atoms with Gasteiger partial charge in [-0.05, 0) is 51.3 Å². The highest BCUT2D eigenvalue weighted by Gasteiger charge is 2.32. The average molecular weight is 272 g/mol. The van der Waals surface area contributed by atoms with Gasteiger partial charge in [0.15, 0.2) is 5.78 Å². The molecule has 0 saturated heterocycles. The van der Waals surface area contributed by atoms with Gasteiger partial charge < -0.3 is 9.47 Å². The zero-order valence-corrected chi connectivity index (χ0v) is 12.0. The van der Waals surface area contributed by atoms with Gasteiger partial charge in [0.1, 0.15) is 23.2 Å². The van der Waals surface area contributed by atoms with E-state index in [4.69, 9.17) is 9.47 Å². The van der Waals surface area contributed by atoms with Crippen molar-refractivity contribution in [3.8, 4) is 11.5 Å². The highest BCUT2D eigenvalue weighted by molar-refractivity contribution is 6.00. The van der Waals surface area contributed by atoms with E-state index in [1.54, 1.807) is 0 Å². The van der Waals surface area contributed by atoms with Crippen LogP contribution in [0.15, 0.2) is 30.4 Å². The molecule has 0 radical (unpaired) electrons. The quantitative estimate of drug-likeness (QED) is 0.765. The highest BCUT2D eigenvalue weighted by atomic mass is 16.5. The zero-order chi connectivity index (χ0) is 14.2. The highest BCUT2D eigenvalue weighted by Crippen LogP contribution is 2.36. The maximum absolute atomic E-state index is 12.1.